The first-order valence-electron chi connectivity index (χ1n) is 6.33. The van der Waals surface area contributed by atoms with Crippen LogP contribution in [-0.4, -0.2) is 49.8 Å². The maximum atomic E-state index is 5.47. The molecule has 1 aliphatic rings. The highest BCUT2D eigenvalue weighted by atomic mass is 16.5. The molecule has 0 aromatic heterocycles. The number of hydrogen-bond donors (Lipinski definition) is 1. The third-order valence-electron chi connectivity index (χ3n) is 3.21. The summed E-state index contributed by atoms with van der Waals surface area (Å²) in [6.45, 7) is 11.7. The van der Waals surface area contributed by atoms with Crippen molar-refractivity contribution in [2.75, 3.05) is 32.8 Å². The summed E-state index contributed by atoms with van der Waals surface area (Å²) >= 11 is 0. The van der Waals surface area contributed by atoms with Crippen LogP contribution < -0.4 is 5.32 Å². The molecule has 3 heteroatoms. The van der Waals surface area contributed by atoms with Gasteiger partial charge < -0.3 is 10.1 Å². The SMILES string of the molecule is CCNC1CCN(C(C)COCC)CC1. The number of piperidine rings is 1. The number of nitrogens with zero attached hydrogens (tertiary/aromatic N) is 1. The Labute approximate surface area is 94.2 Å². The lowest BCUT2D eigenvalue weighted by Gasteiger charge is -2.36. The first kappa shape index (κ1) is 12.9. The van der Waals surface area contributed by atoms with Crippen LogP contribution in [0.3, 0.4) is 0 Å². The van der Waals surface area contributed by atoms with Gasteiger partial charge in [-0.1, -0.05) is 6.92 Å². The van der Waals surface area contributed by atoms with Gasteiger partial charge in [0.25, 0.3) is 0 Å². The van der Waals surface area contributed by atoms with E-state index in [-0.39, 0.29) is 0 Å². The van der Waals surface area contributed by atoms with E-state index < -0.39 is 0 Å². The van der Waals surface area contributed by atoms with Crippen molar-refractivity contribution in [2.24, 2.45) is 0 Å². The summed E-state index contributed by atoms with van der Waals surface area (Å²) < 4.78 is 5.47. The molecule has 0 saturated carbocycles. The standard InChI is InChI=1S/C12H26N2O/c1-4-13-12-6-8-14(9-7-12)11(3)10-15-5-2/h11-13H,4-10H2,1-3H3. The van der Waals surface area contributed by atoms with Gasteiger partial charge in [0.15, 0.2) is 0 Å². The molecule has 1 rings (SSSR count). The minimum absolute atomic E-state index is 0.576. The van der Waals surface area contributed by atoms with Crippen molar-refractivity contribution < 1.29 is 4.74 Å². The summed E-state index contributed by atoms with van der Waals surface area (Å²) in [7, 11) is 0. The first-order valence-corrected chi connectivity index (χ1v) is 6.33. The molecule has 0 aromatic carbocycles. The Balaban J connectivity index is 2.18. The van der Waals surface area contributed by atoms with Gasteiger partial charge in [-0.15, -0.1) is 0 Å². The molecule has 3 nitrogen and oxygen atoms in total. The van der Waals surface area contributed by atoms with Crippen LogP contribution in [0.4, 0.5) is 0 Å². The van der Waals surface area contributed by atoms with Crippen LogP contribution in [-0.2, 0) is 4.74 Å². The van der Waals surface area contributed by atoms with Crippen molar-refractivity contribution in [1.82, 2.24) is 10.2 Å². The van der Waals surface area contributed by atoms with E-state index >= 15 is 0 Å². The Hall–Kier alpha value is -0.120. The Kier molecular flexibility index (Phi) is 6.22. The van der Waals surface area contributed by atoms with Crippen molar-refractivity contribution in [1.29, 1.82) is 0 Å². The minimum atomic E-state index is 0.576. The van der Waals surface area contributed by atoms with Crippen LogP contribution in [0.1, 0.15) is 33.6 Å². The van der Waals surface area contributed by atoms with E-state index in [9.17, 15) is 0 Å². The molecular formula is C12H26N2O. The normalized spacial score (nSPS) is 21.8. The Morgan fingerprint density at radius 1 is 1.33 bits per heavy atom. The molecule has 90 valence electrons. The van der Waals surface area contributed by atoms with Gasteiger partial charge in [0.1, 0.15) is 0 Å². The van der Waals surface area contributed by atoms with Crippen LogP contribution in [0.2, 0.25) is 0 Å². The quantitative estimate of drug-likeness (QED) is 0.725. The monoisotopic (exact) mass is 214 g/mol. The van der Waals surface area contributed by atoms with Crippen molar-refractivity contribution in [3.8, 4) is 0 Å². The molecule has 0 aromatic rings. The molecule has 1 saturated heterocycles. The zero-order valence-electron chi connectivity index (χ0n) is 10.5. The van der Waals surface area contributed by atoms with E-state index in [1.807, 2.05) is 0 Å². The van der Waals surface area contributed by atoms with E-state index in [4.69, 9.17) is 4.74 Å². The Morgan fingerprint density at radius 2 is 2.00 bits per heavy atom. The predicted octanol–water partition coefficient (Wildman–Crippen LogP) is 1.49. The fourth-order valence-electron chi connectivity index (χ4n) is 2.23. The van der Waals surface area contributed by atoms with Gasteiger partial charge >= 0.3 is 0 Å². The lowest BCUT2D eigenvalue weighted by Crippen LogP contribution is -2.47. The summed E-state index contributed by atoms with van der Waals surface area (Å²) in [4.78, 5) is 2.55. The maximum absolute atomic E-state index is 5.47. The lowest BCUT2D eigenvalue weighted by molar-refractivity contribution is 0.0588. The lowest BCUT2D eigenvalue weighted by atomic mass is 10.0. The van der Waals surface area contributed by atoms with Crippen molar-refractivity contribution in [2.45, 2.75) is 45.7 Å². The first-order chi connectivity index (χ1) is 7.27. The van der Waals surface area contributed by atoms with Crippen molar-refractivity contribution in [3.63, 3.8) is 0 Å². The topological polar surface area (TPSA) is 24.5 Å². The fraction of sp³-hybridized carbons (Fsp3) is 1.00. The molecule has 1 heterocycles. The zero-order valence-corrected chi connectivity index (χ0v) is 10.5. The fourth-order valence-corrected chi connectivity index (χ4v) is 2.23. The molecule has 1 unspecified atom stereocenters. The van der Waals surface area contributed by atoms with Gasteiger partial charge in [-0.2, -0.15) is 0 Å². The largest absolute Gasteiger partial charge is 0.380 e. The van der Waals surface area contributed by atoms with E-state index in [1.54, 1.807) is 0 Å². The highest BCUT2D eigenvalue weighted by Gasteiger charge is 2.21. The molecular weight excluding hydrogens is 188 g/mol. The van der Waals surface area contributed by atoms with Gasteiger partial charge in [0.2, 0.25) is 0 Å². The van der Waals surface area contributed by atoms with Gasteiger partial charge in [0.05, 0.1) is 6.61 Å². The number of ether oxygens (including phenoxy) is 1. The molecule has 0 amide bonds. The molecule has 0 bridgehead atoms. The molecule has 15 heavy (non-hydrogen) atoms. The minimum Gasteiger partial charge on any atom is -0.380 e. The second-order valence-corrected chi connectivity index (χ2v) is 4.38. The number of rotatable bonds is 6. The average Bonchev–Trinajstić information content (AvgIpc) is 2.27. The number of likely N-dealkylation sites (tertiary alicyclic amines) is 1. The molecule has 0 spiro atoms. The summed E-state index contributed by atoms with van der Waals surface area (Å²) in [6.07, 6.45) is 2.56. The highest BCUT2D eigenvalue weighted by molar-refractivity contribution is 4.79. The highest BCUT2D eigenvalue weighted by Crippen LogP contribution is 2.13. The third-order valence-corrected chi connectivity index (χ3v) is 3.21. The predicted molar refractivity (Wildman–Crippen MR) is 64.2 cm³/mol. The third kappa shape index (κ3) is 4.49. The second-order valence-electron chi connectivity index (χ2n) is 4.38. The number of nitrogens with one attached hydrogen (secondary N) is 1. The maximum Gasteiger partial charge on any atom is 0.0618 e. The van der Waals surface area contributed by atoms with E-state index in [0.717, 1.165) is 25.8 Å². The molecule has 1 atom stereocenters. The van der Waals surface area contributed by atoms with Crippen LogP contribution in [0, 0.1) is 0 Å². The van der Waals surface area contributed by atoms with Crippen molar-refractivity contribution >= 4 is 0 Å². The van der Waals surface area contributed by atoms with Gasteiger partial charge in [-0.05, 0) is 46.3 Å². The van der Waals surface area contributed by atoms with E-state index in [0.29, 0.717) is 6.04 Å². The van der Waals surface area contributed by atoms with Gasteiger partial charge in [-0.3, -0.25) is 4.90 Å². The Bertz CT molecular complexity index is 156. The molecule has 0 aliphatic carbocycles. The van der Waals surface area contributed by atoms with E-state index in [1.165, 1.54) is 25.9 Å². The smallest absolute Gasteiger partial charge is 0.0618 e. The molecule has 1 aliphatic heterocycles. The Morgan fingerprint density at radius 3 is 2.53 bits per heavy atom. The molecule has 1 fully saturated rings. The summed E-state index contributed by atoms with van der Waals surface area (Å²) in [5, 5.41) is 3.53. The van der Waals surface area contributed by atoms with Crippen LogP contribution in [0.15, 0.2) is 0 Å². The molecule has 1 N–H and O–H groups in total. The van der Waals surface area contributed by atoms with Crippen LogP contribution in [0.25, 0.3) is 0 Å². The van der Waals surface area contributed by atoms with Gasteiger partial charge in [-0.25, -0.2) is 0 Å². The van der Waals surface area contributed by atoms with E-state index in [2.05, 4.69) is 31.0 Å². The van der Waals surface area contributed by atoms with Gasteiger partial charge in [0, 0.05) is 18.7 Å². The zero-order chi connectivity index (χ0) is 11.1. The second kappa shape index (κ2) is 7.20. The summed E-state index contributed by atoms with van der Waals surface area (Å²) in [5.74, 6) is 0. The summed E-state index contributed by atoms with van der Waals surface area (Å²) in [5.41, 5.74) is 0. The van der Waals surface area contributed by atoms with Crippen molar-refractivity contribution in [3.05, 3.63) is 0 Å². The summed E-state index contributed by atoms with van der Waals surface area (Å²) in [6, 6.07) is 1.32. The molecule has 0 radical (unpaired) electrons. The van der Waals surface area contributed by atoms with Crippen LogP contribution >= 0.6 is 0 Å². The number of hydrogen-bond acceptors (Lipinski definition) is 3. The van der Waals surface area contributed by atoms with Crippen LogP contribution in [0.5, 0.6) is 0 Å². The average molecular weight is 214 g/mol.